The predicted molar refractivity (Wildman–Crippen MR) is 93.4 cm³/mol. The Hall–Kier alpha value is -2.49. The van der Waals surface area contributed by atoms with E-state index in [9.17, 15) is 4.79 Å². The van der Waals surface area contributed by atoms with Crippen LogP contribution in [-0.4, -0.2) is 12.7 Å². The summed E-state index contributed by atoms with van der Waals surface area (Å²) in [6, 6.07) is 12.1. The molecule has 0 fully saturated rings. The highest BCUT2D eigenvalue weighted by atomic mass is 16.7. The summed E-state index contributed by atoms with van der Waals surface area (Å²) in [4.78, 5) is 12.2. The molecule has 0 saturated heterocycles. The minimum atomic E-state index is 0.00912. The summed E-state index contributed by atoms with van der Waals surface area (Å²) in [5, 5.41) is 3.08. The number of amides is 1. The molecule has 0 aromatic heterocycles. The molecule has 4 heteroatoms. The predicted octanol–water partition coefficient (Wildman–Crippen LogP) is 3.84. The van der Waals surface area contributed by atoms with Gasteiger partial charge in [-0.2, -0.15) is 0 Å². The van der Waals surface area contributed by atoms with Crippen LogP contribution >= 0.6 is 0 Å². The van der Waals surface area contributed by atoms with Crippen LogP contribution in [0.25, 0.3) is 0 Å². The van der Waals surface area contributed by atoms with Crippen LogP contribution in [0.15, 0.2) is 36.4 Å². The van der Waals surface area contributed by atoms with Crippen LogP contribution < -0.4 is 14.8 Å². The SMILES string of the molecule is Cc1ccc([C@@H](C)NC(=O)CCc2ccc3c(c2)OCO3)c(C)c1. The fourth-order valence-corrected chi connectivity index (χ4v) is 3.06. The summed E-state index contributed by atoms with van der Waals surface area (Å²) in [6.07, 6.45) is 1.14. The number of carbonyl (C=O) groups is 1. The third kappa shape index (κ3) is 3.70. The first kappa shape index (κ1) is 16.4. The molecule has 24 heavy (non-hydrogen) atoms. The van der Waals surface area contributed by atoms with Gasteiger partial charge < -0.3 is 14.8 Å². The van der Waals surface area contributed by atoms with Crippen LogP contribution in [-0.2, 0) is 11.2 Å². The van der Waals surface area contributed by atoms with Gasteiger partial charge in [-0.05, 0) is 56.0 Å². The topological polar surface area (TPSA) is 47.6 Å². The summed E-state index contributed by atoms with van der Waals surface area (Å²) in [7, 11) is 0. The first-order chi connectivity index (χ1) is 11.5. The quantitative estimate of drug-likeness (QED) is 0.908. The summed E-state index contributed by atoms with van der Waals surface area (Å²) in [5.41, 5.74) is 4.68. The number of nitrogens with one attached hydrogen (secondary N) is 1. The Labute approximate surface area is 142 Å². The molecule has 4 nitrogen and oxygen atoms in total. The summed E-state index contributed by atoms with van der Waals surface area (Å²) in [5.74, 6) is 1.59. The maximum atomic E-state index is 12.2. The van der Waals surface area contributed by atoms with Crippen molar-refractivity contribution < 1.29 is 14.3 Å². The number of benzene rings is 2. The van der Waals surface area contributed by atoms with Crippen LogP contribution in [0, 0.1) is 13.8 Å². The van der Waals surface area contributed by atoms with Gasteiger partial charge in [0, 0.05) is 6.42 Å². The molecule has 0 spiro atoms. The van der Waals surface area contributed by atoms with Crippen LogP contribution in [0.3, 0.4) is 0 Å². The van der Waals surface area contributed by atoms with Crippen LogP contribution in [0.4, 0.5) is 0 Å². The van der Waals surface area contributed by atoms with Gasteiger partial charge in [0.15, 0.2) is 11.5 Å². The molecule has 1 heterocycles. The maximum absolute atomic E-state index is 12.2. The molecule has 1 aliphatic heterocycles. The van der Waals surface area contributed by atoms with Crippen molar-refractivity contribution in [2.45, 2.75) is 39.7 Å². The Morgan fingerprint density at radius 1 is 1.12 bits per heavy atom. The number of hydrogen-bond acceptors (Lipinski definition) is 3. The molecule has 126 valence electrons. The molecular weight excluding hydrogens is 302 g/mol. The van der Waals surface area contributed by atoms with Crippen molar-refractivity contribution in [1.29, 1.82) is 0 Å². The van der Waals surface area contributed by atoms with Gasteiger partial charge in [-0.3, -0.25) is 4.79 Å². The molecule has 1 amide bonds. The van der Waals surface area contributed by atoms with Crippen molar-refractivity contribution >= 4 is 5.91 Å². The van der Waals surface area contributed by atoms with E-state index in [1.807, 2.05) is 25.1 Å². The fraction of sp³-hybridized carbons (Fsp3) is 0.350. The molecule has 1 N–H and O–H groups in total. The van der Waals surface area contributed by atoms with E-state index in [0.717, 1.165) is 22.6 Å². The van der Waals surface area contributed by atoms with Gasteiger partial charge in [-0.1, -0.05) is 29.8 Å². The van der Waals surface area contributed by atoms with E-state index in [1.165, 1.54) is 11.1 Å². The molecule has 2 aromatic carbocycles. The number of ether oxygens (including phenoxy) is 2. The van der Waals surface area contributed by atoms with E-state index >= 15 is 0 Å². The average Bonchev–Trinajstić information content (AvgIpc) is 3.00. The lowest BCUT2D eigenvalue weighted by atomic mass is 10.00. The first-order valence-corrected chi connectivity index (χ1v) is 8.28. The molecule has 3 rings (SSSR count). The van der Waals surface area contributed by atoms with E-state index in [4.69, 9.17) is 9.47 Å². The minimum absolute atomic E-state index is 0.00912. The standard InChI is InChI=1S/C20H23NO3/c1-13-4-7-17(14(2)10-13)15(3)21-20(22)9-6-16-5-8-18-19(11-16)24-12-23-18/h4-5,7-8,10-11,15H,6,9,12H2,1-3H3,(H,21,22)/t15-/m1/s1. The summed E-state index contributed by atoms with van der Waals surface area (Å²) < 4.78 is 10.7. The molecule has 1 atom stereocenters. The number of hydrogen-bond donors (Lipinski definition) is 1. The molecule has 2 aromatic rings. The Kier molecular flexibility index (Phi) is 4.74. The van der Waals surface area contributed by atoms with Crippen molar-refractivity contribution in [3.63, 3.8) is 0 Å². The zero-order chi connectivity index (χ0) is 17.1. The normalized spacial score (nSPS) is 13.6. The zero-order valence-corrected chi connectivity index (χ0v) is 14.4. The molecule has 0 unspecified atom stereocenters. The van der Waals surface area contributed by atoms with Crippen molar-refractivity contribution in [3.05, 3.63) is 58.7 Å². The van der Waals surface area contributed by atoms with Crippen molar-refractivity contribution in [2.75, 3.05) is 6.79 Å². The molecule has 0 saturated carbocycles. The zero-order valence-electron chi connectivity index (χ0n) is 14.4. The molecular formula is C20H23NO3. The highest BCUT2D eigenvalue weighted by molar-refractivity contribution is 5.76. The molecule has 1 aliphatic rings. The maximum Gasteiger partial charge on any atom is 0.231 e. The minimum Gasteiger partial charge on any atom is -0.454 e. The lowest BCUT2D eigenvalue weighted by Crippen LogP contribution is -2.27. The van der Waals surface area contributed by atoms with Gasteiger partial charge in [0.05, 0.1) is 6.04 Å². The fourth-order valence-electron chi connectivity index (χ4n) is 3.06. The van der Waals surface area contributed by atoms with Gasteiger partial charge in [0.1, 0.15) is 0 Å². The van der Waals surface area contributed by atoms with Crippen molar-refractivity contribution in [2.24, 2.45) is 0 Å². The first-order valence-electron chi connectivity index (χ1n) is 8.28. The van der Waals surface area contributed by atoms with Crippen LogP contribution in [0.1, 0.15) is 41.6 Å². The second-order valence-electron chi connectivity index (χ2n) is 6.34. The number of rotatable bonds is 5. The highest BCUT2D eigenvalue weighted by Crippen LogP contribution is 2.32. The van der Waals surface area contributed by atoms with E-state index < -0.39 is 0 Å². The lowest BCUT2D eigenvalue weighted by Gasteiger charge is -2.17. The second-order valence-corrected chi connectivity index (χ2v) is 6.34. The van der Waals surface area contributed by atoms with Gasteiger partial charge in [0.25, 0.3) is 0 Å². The van der Waals surface area contributed by atoms with Gasteiger partial charge in [-0.25, -0.2) is 0 Å². The van der Waals surface area contributed by atoms with Crippen LogP contribution in [0.2, 0.25) is 0 Å². The number of fused-ring (bicyclic) bond motifs is 1. The molecule has 0 bridgehead atoms. The smallest absolute Gasteiger partial charge is 0.231 e. The Morgan fingerprint density at radius 2 is 1.92 bits per heavy atom. The van der Waals surface area contributed by atoms with Gasteiger partial charge in [0.2, 0.25) is 12.7 Å². The lowest BCUT2D eigenvalue weighted by molar-refractivity contribution is -0.121. The van der Waals surface area contributed by atoms with E-state index in [-0.39, 0.29) is 18.7 Å². The highest BCUT2D eigenvalue weighted by Gasteiger charge is 2.15. The van der Waals surface area contributed by atoms with Gasteiger partial charge >= 0.3 is 0 Å². The third-order valence-corrected chi connectivity index (χ3v) is 4.35. The van der Waals surface area contributed by atoms with Gasteiger partial charge in [-0.15, -0.1) is 0 Å². The summed E-state index contributed by atoms with van der Waals surface area (Å²) >= 11 is 0. The Bertz CT molecular complexity index is 755. The largest absolute Gasteiger partial charge is 0.454 e. The van der Waals surface area contributed by atoms with Crippen molar-refractivity contribution in [3.8, 4) is 11.5 Å². The van der Waals surface area contributed by atoms with E-state index in [0.29, 0.717) is 12.8 Å². The Balaban J connectivity index is 1.55. The van der Waals surface area contributed by atoms with Crippen LogP contribution in [0.5, 0.6) is 11.5 Å². The van der Waals surface area contributed by atoms with Crippen molar-refractivity contribution in [1.82, 2.24) is 5.32 Å². The van der Waals surface area contributed by atoms with E-state index in [2.05, 4.69) is 37.4 Å². The molecule has 0 radical (unpaired) electrons. The Morgan fingerprint density at radius 3 is 2.71 bits per heavy atom. The number of aryl methyl sites for hydroxylation is 3. The summed E-state index contributed by atoms with van der Waals surface area (Å²) in [6.45, 7) is 6.45. The van der Waals surface area contributed by atoms with E-state index in [1.54, 1.807) is 0 Å². The average molecular weight is 325 g/mol. The third-order valence-electron chi connectivity index (χ3n) is 4.35. The number of carbonyl (C=O) groups excluding carboxylic acids is 1. The second kappa shape index (κ2) is 6.95. The monoisotopic (exact) mass is 325 g/mol. The molecule has 0 aliphatic carbocycles.